The number of carboxylic acids is 1. The maximum absolute atomic E-state index is 13.6. The van der Waals surface area contributed by atoms with Gasteiger partial charge < -0.3 is 14.7 Å². The molecule has 1 aromatic rings. The molecule has 1 fully saturated rings. The lowest BCUT2D eigenvalue weighted by molar-refractivity contribution is -0.153. The van der Waals surface area contributed by atoms with Gasteiger partial charge >= 0.3 is 5.97 Å². The highest BCUT2D eigenvalue weighted by Gasteiger charge is 2.58. The third kappa shape index (κ3) is 2.45. The van der Waals surface area contributed by atoms with E-state index >= 15 is 0 Å². The number of rotatable bonds is 5. The molecule has 1 N–H and O–H groups in total. The summed E-state index contributed by atoms with van der Waals surface area (Å²) in [6.07, 6.45) is 0.727. The molecule has 0 heterocycles. The van der Waals surface area contributed by atoms with Crippen LogP contribution in [0.15, 0.2) is 18.2 Å². The predicted molar refractivity (Wildman–Crippen MR) is 68.7 cm³/mol. The largest absolute Gasteiger partial charge is 0.494 e. The zero-order valence-corrected chi connectivity index (χ0v) is 11.4. The van der Waals surface area contributed by atoms with Crippen LogP contribution in [-0.4, -0.2) is 36.0 Å². The SMILES string of the molecule is COc1ccc(CN(C)C(=O)C2(C(=O)O)CC2)cc1F. The molecule has 20 heavy (non-hydrogen) atoms. The van der Waals surface area contributed by atoms with E-state index in [4.69, 9.17) is 9.84 Å². The number of carbonyl (C=O) groups is 2. The summed E-state index contributed by atoms with van der Waals surface area (Å²) < 4.78 is 18.4. The third-order valence-corrected chi connectivity index (χ3v) is 3.55. The average molecular weight is 281 g/mol. The highest BCUT2D eigenvalue weighted by molar-refractivity contribution is 6.04. The van der Waals surface area contributed by atoms with Gasteiger partial charge in [-0.15, -0.1) is 0 Å². The number of halogens is 1. The Morgan fingerprint density at radius 3 is 2.55 bits per heavy atom. The molecule has 1 amide bonds. The van der Waals surface area contributed by atoms with E-state index in [1.54, 1.807) is 6.07 Å². The summed E-state index contributed by atoms with van der Waals surface area (Å²) in [4.78, 5) is 24.5. The molecule has 1 aliphatic rings. The lowest BCUT2D eigenvalue weighted by Crippen LogP contribution is -2.38. The van der Waals surface area contributed by atoms with Crippen molar-refractivity contribution in [2.45, 2.75) is 19.4 Å². The van der Waals surface area contributed by atoms with Crippen LogP contribution in [0.3, 0.4) is 0 Å². The first-order valence-electron chi connectivity index (χ1n) is 6.22. The van der Waals surface area contributed by atoms with Gasteiger partial charge in [-0.3, -0.25) is 9.59 Å². The molecule has 0 spiro atoms. The molecule has 1 aromatic carbocycles. The predicted octanol–water partition coefficient (Wildman–Crippen LogP) is 1.66. The Morgan fingerprint density at radius 2 is 2.10 bits per heavy atom. The summed E-state index contributed by atoms with van der Waals surface area (Å²) in [7, 11) is 2.89. The van der Waals surface area contributed by atoms with Gasteiger partial charge in [-0.2, -0.15) is 0 Å². The average Bonchev–Trinajstić information content (AvgIpc) is 3.19. The number of benzene rings is 1. The number of hydrogen-bond acceptors (Lipinski definition) is 3. The summed E-state index contributed by atoms with van der Waals surface area (Å²) in [5.41, 5.74) is -0.680. The van der Waals surface area contributed by atoms with E-state index in [-0.39, 0.29) is 12.3 Å². The Labute approximate surface area is 116 Å². The molecular formula is C14H16FNO4. The first-order chi connectivity index (χ1) is 9.40. The minimum Gasteiger partial charge on any atom is -0.494 e. The molecule has 0 bridgehead atoms. The molecule has 0 radical (unpaired) electrons. The molecule has 1 aliphatic carbocycles. The van der Waals surface area contributed by atoms with Gasteiger partial charge in [0.1, 0.15) is 5.41 Å². The Morgan fingerprint density at radius 1 is 1.45 bits per heavy atom. The van der Waals surface area contributed by atoms with Gasteiger partial charge in [-0.25, -0.2) is 4.39 Å². The zero-order chi connectivity index (χ0) is 14.9. The van der Waals surface area contributed by atoms with Gasteiger partial charge in [0.15, 0.2) is 11.6 Å². The zero-order valence-electron chi connectivity index (χ0n) is 11.4. The summed E-state index contributed by atoms with van der Waals surface area (Å²) >= 11 is 0. The van der Waals surface area contributed by atoms with Crippen LogP contribution in [0.2, 0.25) is 0 Å². The number of carbonyl (C=O) groups excluding carboxylic acids is 1. The van der Waals surface area contributed by atoms with Gasteiger partial charge in [0.25, 0.3) is 0 Å². The molecule has 0 atom stereocenters. The normalized spacial score (nSPS) is 15.6. The number of ether oxygens (including phenoxy) is 1. The van der Waals surface area contributed by atoms with Crippen LogP contribution in [0.25, 0.3) is 0 Å². The van der Waals surface area contributed by atoms with E-state index in [1.165, 1.54) is 31.2 Å². The smallest absolute Gasteiger partial charge is 0.319 e. The van der Waals surface area contributed by atoms with E-state index in [0.717, 1.165) is 0 Å². The molecule has 6 heteroatoms. The number of hydrogen-bond donors (Lipinski definition) is 1. The van der Waals surface area contributed by atoms with Crippen molar-refractivity contribution in [1.29, 1.82) is 0 Å². The third-order valence-electron chi connectivity index (χ3n) is 3.55. The van der Waals surface area contributed by atoms with Crippen molar-refractivity contribution in [2.75, 3.05) is 14.2 Å². The molecule has 0 unspecified atom stereocenters. The van der Waals surface area contributed by atoms with Crippen molar-refractivity contribution in [3.8, 4) is 5.75 Å². The van der Waals surface area contributed by atoms with E-state index in [0.29, 0.717) is 18.4 Å². The van der Waals surface area contributed by atoms with E-state index < -0.39 is 23.1 Å². The van der Waals surface area contributed by atoms with Crippen molar-refractivity contribution in [3.05, 3.63) is 29.6 Å². The van der Waals surface area contributed by atoms with Crippen molar-refractivity contribution in [3.63, 3.8) is 0 Å². The second kappa shape index (κ2) is 5.11. The van der Waals surface area contributed by atoms with E-state index in [9.17, 15) is 14.0 Å². The van der Waals surface area contributed by atoms with Crippen LogP contribution in [0.4, 0.5) is 4.39 Å². The lowest BCUT2D eigenvalue weighted by atomic mass is 10.1. The number of aliphatic carboxylic acids is 1. The summed E-state index contributed by atoms with van der Waals surface area (Å²) in [5, 5.41) is 9.08. The highest BCUT2D eigenvalue weighted by atomic mass is 19.1. The molecule has 0 aromatic heterocycles. The number of amides is 1. The van der Waals surface area contributed by atoms with Crippen LogP contribution >= 0.6 is 0 Å². The fourth-order valence-electron chi connectivity index (χ4n) is 2.16. The maximum Gasteiger partial charge on any atom is 0.319 e. The van der Waals surface area contributed by atoms with Crippen LogP contribution in [0.5, 0.6) is 5.75 Å². The minimum absolute atomic E-state index is 0.131. The van der Waals surface area contributed by atoms with Gasteiger partial charge in [0.05, 0.1) is 7.11 Å². The standard InChI is InChI=1S/C14H16FNO4/c1-16(12(17)14(5-6-14)13(18)19)8-9-3-4-11(20-2)10(15)7-9/h3-4,7H,5-6,8H2,1-2H3,(H,18,19). The summed E-state index contributed by atoms with van der Waals surface area (Å²) in [6, 6.07) is 4.40. The Kier molecular flexibility index (Phi) is 3.65. The molecule has 0 saturated heterocycles. The highest BCUT2D eigenvalue weighted by Crippen LogP contribution is 2.47. The quantitative estimate of drug-likeness (QED) is 0.833. The summed E-state index contributed by atoms with van der Waals surface area (Å²) in [6.45, 7) is 0.161. The van der Waals surface area contributed by atoms with Crippen molar-refractivity contribution < 1.29 is 23.8 Å². The first-order valence-corrected chi connectivity index (χ1v) is 6.22. The lowest BCUT2D eigenvalue weighted by Gasteiger charge is -2.21. The van der Waals surface area contributed by atoms with Crippen LogP contribution in [0, 0.1) is 11.2 Å². The van der Waals surface area contributed by atoms with E-state index in [1.807, 2.05) is 0 Å². The second-order valence-electron chi connectivity index (χ2n) is 5.02. The van der Waals surface area contributed by atoms with Crippen LogP contribution < -0.4 is 4.74 Å². The van der Waals surface area contributed by atoms with Crippen LogP contribution in [-0.2, 0) is 16.1 Å². The van der Waals surface area contributed by atoms with Crippen molar-refractivity contribution in [2.24, 2.45) is 5.41 Å². The first kappa shape index (κ1) is 14.3. The fourth-order valence-corrected chi connectivity index (χ4v) is 2.16. The number of carboxylic acid groups (broad SMARTS) is 1. The molecular weight excluding hydrogens is 265 g/mol. The Bertz CT molecular complexity index is 554. The van der Waals surface area contributed by atoms with Gasteiger partial charge in [0.2, 0.25) is 5.91 Å². The van der Waals surface area contributed by atoms with Crippen molar-refractivity contribution in [1.82, 2.24) is 4.90 Å². The Balaban J connectivity index is 2.08. The van der Waals surface area contributed by atoms with Gasteiger partial charge in [0, 0.05) is 13.6 Å². The monoisotopic (exact) mass is 281 g/mol. The van der Waals surface area contributed by atoms with Gasteiger partial charge in [-0.1, -0.05) is 6.07 Å². The minimum atomic E-state index is -1.26. The molecule has 0 aliphatic heterocycles. The van der Waals surface area contributed by atoms with Crippen LogP contribution in [0.1, 0.15) is 18.4 Å². The summed E-state index contributed by atoms with van der Waals surface area (Å²) in [5.74, 6) is -1.89. The molecule has 1 saturated carbocycles. The topological polar surface area (TPSA) is 66.8 Å². The van der Waals surface area contributed by atoms with Crippen molar-refractivity contribution >= 4 is 11.9 Å². The fraction of sp³-hybridized carbons (Fsp3) is 0.429. The Hall–Kier alpha value is -2.11. The second-order valence-corrected chi connectivity index (χ2v) is 5.02. The number of nitrogens with zero attached hydrogens (tertiary/aromatic N) is 1. The van der Waals surface area contributed by atoms with Gasteiger partial charge in [-0.05, 0) is 30.5 Å². The molecule has 5 nitrogen and oxygen atoms in total. The molecule has 2 rings (SSSR count). The molecule has 108 valence electrons. The number of methoxy groups -OCH3 is 1. The maximum atomic E-state index is 13.6. The van der Waals surface area contributed by atoms with E-state index in [2.05, 4.69) is 0 Å².